The van der Waals surface area contributed by atoms with Crippen molar-refractivity contribution < 1.29 is 14.7 Å². The molecule has 0 heterocycles. The van der Waals surface area contributed by atoms with Gasteiger partial charge in [0.15, 0.2) is 0 Å². The van der Waals surface area contributed by atoms with Gasteiger partial charge >= 0.3 is 5.97 Å². The van der Waals surface area contributed by atoms with Gasteiger partial charge in [0.05, 0.1) is 5.75 Å². The predicted octanol–water partition coefficient (Wildman–Crippen LogP) is 1.73. The van der Waals surface area contributed by atoms with Crippen molar-refractivity contribution >= 4 is 40.9 Å². The lowest BCUT2D eigenvalue weighted by atomic mass is 10.2. The number of rotatable bonds is 6. The number of nitrogens with one attached hydrogen (secondary N) is 1. The zero-order chi connectivity index (χ0) is 14.4. The molecule has 1 aromatic rings. The molecule has 0 radical (unpaired) electrons. The number of carboxylic acid groups (broad SMARTS) is 1. The Bertz CT molecular complexity index is 482. The number of benzene rings is 1. The first-order valence-corrected chi connectivity index (χ1v) is 7.05. The molecule has 0 saturated heterocycles. The van der Waals surface area contributed by atoms with Gasteiger partial charge in [0.1, 0.15) is 6.04 Å². The molecule has 1 atom stereocenters. The molecule has 4 N–H and O–H groups in total. The van der Waals surface area contributed by atoms with Crippen molar-refractivity contribution in [2.24, 2.45) is 5.73 Å². The van der Waals surface area contributed by atoms with Crippen molar-refractivity contribution in [3.8, 4) is 0 Å². The van der Waals surface area contributed by atoms with E-state index in [4.69, 9.17) is 22.4 Å². The molecule has 0 saturated carbocycles. The maximum atomic E-state index is 11.6. The van der Waals surface area contributed by atoms with E-state index in [0.29, 0.717) is 10.7 Å². The number of halogens is 1. The van der Waals surface area contributed by atoms with E-state index in [1.807, 2.05) is 13.0 Å². The summed E-state index contributed by atoms with van der Waals surface area (Å²) in [5, 5.41) is 11.8. The first-order valence-electron chi connectivity index (χ1n) is 5.52. The number of hydrogen-bond donors (Lipinski definition) is 3. The van der Waals surface area contributed by atoms with Gasteiger partial charge in [0.2, 0.25) is 5.91 Å². The van der Waals surface area contributed by atoms with E-state index in [0.717, 1.165) is 5.56 Å². The van der Waals surface area contributed by atoms with Gasteiger partial charge in [0.25, 0.3) is 0 Å². The largest absolute Gasteiger partial charge is 0.480 e. The zero-order valence-electron chi connectivity index (χ0n) is 10.4. The van der Waals surface area contributed by atoms with E-state index >= 15 is 0 Å². The summed E-state index contributed by atoms with van der Waals surface area (Å²) in [5.74, 6) is -0.954. The minimum Gasteiger partial charge on any atom is -0.480 e. The van der Waals surface area contributed by atoms with Crippen LogP contribution in [-0.2, 0) is 9.59 Å². The normalized spacial score (nSPS) is 11.9. The van der Waals surface area contributed by atoms with Gasteiger partial charge in [-0.05, 0) is 24.6 Å². The summed E-state index contributed by atoms with van der Waals surface area (Å²) in [4.78, 5) is 22.1. The number of carbonyl (C=O) groups excluding carboxylic acids is 1. The number of aliphatic carboxylic acids is 1. The van der Waals surface area contributed by atoms with Gasteiger partial charge in [0, 0.05) is 16.5 Å². The molecule has 104 valence electrons. The number of amides is 1. The highest BCUT2D eigenvalue weighted by Crippen LogP contribution is 2.20. The molecule has 0 aliphatic rings. The molecule has 5 nitrogen and oxygen atoms in total. The van der Waals surface area contributed by atoms with Gasteiger partial charge in [-0.1, -0.05) is 17.7 Å². The fourth-order valence-corrected chi connectivity index (χ4v) is 2.17. The van der Waals surface area contributed by atoms with Gasteiger partial charge in [-0.3, -0.25) is 9.59 Å². The monoisotopic (exact) mass is 302 g/mol. The molecule has 0 aliphatic carbocycles. The molecule has 0 aromatic heterocycles. The highest BCUT2D eigenvalue weighted by Gasteiger charge is 2.12. The molecule has 0 aliphatic heterocycles. The fourth-order valence-electron chi connectivity index (χ4n) is 1.22. The van der Waals surface area contributed by atoms with Crippen molar-refractivity contribution in [1.82, 2.24) is 0 Å². The Balaban J connectivity index is 2.39. The molecule has 1 amide bonds. The second-order valence-electron chi connectivity index (χ2n) is 3.97. The summed E-state index contributed by atoms with van der Waals surface area (Å²) in [6, 6.07) is 4.28. The van der Waals surface area contributed by atoms with Crippen LogP contribution in [0.4, 0.5) is 5.69 Å². The molecule has 1 rings (SSSR count). The van der Waals surface area contributed by atoms with Crippen LogP contribution in [0.5, 0.6) is 0 Å². The third-order valence-electron chi connectivity index (χ3n) is 2.30. The second-order valence-corrected chi connectivity index (χ2v) is 5.41. The molecule has 19 heavy (non-hydrogen) atoms. The van der Waals surface area contributed by atoms with Crippen LogP contribution in [0.1, 0.15) is 5.56 Å². The van der Waals surface area contributed by atoms with Gasteiger partial charge in [-0.15, -0.1) is 11.8 Å². The maximum Gasteiger partial charge on any atom is 0.321 e. The number of nitrogens with two attached hydrogens (primary N) is 1. The van der Waals surface area contributed by atoms with Gasteiger partial charge < -0.3 is 16.2 Å². The molecule has 0 bridgehead atoms. The van der Waals surface area contributed by atoms with Crippen LogP contribution in [0.3, 0.4) is 0 Å². The lowest BCUT2D eigenvalue weighted by molar-refractivity contribution is -0.137. The summed E-state index contributed by atoms with van der Waals surface area (Å²) in [7, 11) is 0. The Labute approximate surface area is 120 Å². The van der Waals surface area contributed by atoms with Crippen LogP contribution in [0.15, 0.2) is 18.2 Å². The number of carboxylic acids is 1. The predicted molar refractivity (Wildman–Crippen MR) is 77.8 cm³/mol. The number of carbonyl (C=O) groups is 2. The van der Waals surface area contributed by atoms with Crippen molar-refractivity contribution in [2.45, 2.75) is 13.0 Å². The number of aryl methyl sites for hydroxylation is 1. The van der Waals surface area contributed by atoms with Crippen LogP contribution in [0, 0.1) is 6.92 Å². The maximum absolute atomic E-state index is 11.6. The Morgan fingerprint density at radius 2 is 2.21 bits per heavy atom. The van der Waals surface area contributed by atoms with E-state index in [-0.39, 0.29) is 17.4 Å². The molecule has 1 aromatic carbocycles. The van der Waals surface area contributed by atoms with E-state index in [9.17, 15) is 9.59 Å². The van der Waals surface area contributed by atoms with Crippen molar-refractivity contribution in [1.29, 1.82) is 0 Å². The molecule has 0 fully saturated rings. The summed E-state index contributed by atoms with van der Waals surface area (Å²) in [5.41, 5.74) is 6.87. The van der Waals surface area contributed by atoms with Gasteiger partial charge in [-0.25, -0.2) is 0 Å². The third kappa shape index (κ3) is 5.50. The molecule has 0 spiro atoms. The first-order chi connectivity index (χ1) is 8.90. The highest BCUT2D eigenvalue weighted by molar-refractivity contribution is 8.00. The summed E-state index contributed by atoms with van der Waals surface area (Å²) in [6.45, 7) is 1.87. The fraction of sp³-hybridized carbons (Fsp3) is 0.333. The van der Waals surface area contributed by atoms with Crippen LogP contribution in [-0.4, -0.2) is 34.5 Å². The highest BCUT2D eigenvalue weighted by atomic mass is 35.5. The Kier molecular flexibility index (Phi) is 6.14. The topological polar surface area (TPSA) is 92.4 Å². The van der Waals surface area contributed by atoms with Gasteiger partial charge in [-0.2, -0.15) is 0 Å². The third-order valence-corrected chi connectivity index (χ3v) is 3.77. The quantitative estimate of drug-likeness (QED) is 0.744. The Morgan fingerprint density at radius 1 is 1.53 bits per heavy atom. The summed E-state index contributed by atoms with van der Waals surface area (Å²) < 4.78 is 0. The van der Waals surface area contributed by atoms with Crippen molar-refractivity contribution in [2.75, 3.05) is 16.8 Å². The van der Waals surface area contributed by atoms with Crippen LogP contribution in [0.25, 0.3) is 0 Å². The Morgan fingerprint density at radius 3 is 2.79 bits per heavy atom. The van der Waals surface area contributed by atoms with E-state index in [1.165, 1.54) is 11.8 Å². The SMILES string of the molecule is Cc1ccc(NC(=O)CSC[C@H](N)C(=O)O)cc1Cl. The Hall–Kier alpha value is -1.24. The van der Waals surface area contributed by atoms with E-state index in [1.54, 1.807) is 12.1 Å². The van der Waals surface area contributed by atoms with E-state index < -0.39 is 12.0 Å². The number of anilines is 1. The molecular weight excluding hydrogens is 288 g/mol. The lowest BCUT2D eigenvalue weighted by Crippen LogP contribution is -2.33. The second kappa shape index (κ2) is 7.37. The number of hydrogen-bond acceptors (Lipinski definition) is 4. The smallest absolute Gasteiger partial charge is 0.321 e. The van der Waals surface area contributed by atoms with Crippen molar-refractivity contribution in [3.05, 3.63) is 28.8 Å². The first kappa shape index (κ1) is 15.8. The van der Waals surface area contributed by atoms with E-state index in [2.05, 4.69) is 5.32 Å². The van der Waals surface area contributed by atoms with Crippen LogP contribution < -0.4 is 11.1 Å². The summed E-state index contributed by atoms with van der Waals surface area (Å²) >= 11 is 7.11. The van der Waals surface area contributed by atoms with Crippen molar-refractivity contribution in [3.63, 3.8) is 0 Å². The molecule has 0 unspecified atom stereocenters. The average molecular weight is 303 g/mol. The average Bonchev–Trinajstić information content (AvgIpc) is 2.33. The molecule has 7 heteroatoms. The van der Waals surface area contributed by atoms with Crippen LogP contribution in [0.2, 0.25) is 5.02 Å². The number of thioether (sulfide) groups is 1. The minimum atomic E-state index is -1.07. The summed E-state index contributed by atoms with van der Waals surface area (Å²) in [6.07, 6.45) is 0. The lowest BCUT2D eigenvalue weighted by Gasteiger charge is -2.08. The molecular formula is C12H15ClN2O3S. The zero-order valence-corrected chi connectivity index (χ0v) is 11.9. The van der Waals surface area contributed by atoms with Crippen LogP contribution >= 0.6 is 23.4 Å². The minimum absolute atomic E-state index is 0.145. The standard InChI is InChI=1S/C12H15ClN2O3S/c1-7-2-3-8(4-9(7)13)15-11(16)6-19-5-10(14)12(17)18/h2-4,10H,5-6,14H2,1H3,(H,15,16)(H,17,18)/t10-/m0/s1.